The predicted molar refractivity (Wildman–Crippen MR) is 180 cm³/mol. The molecule has 0 aliphatic heterocycles. The number of esters is 1. The van der Waals surface area contributed by atoms with Gasteiger partial charge < -0.3 is 36.5 Å². The Hall–Kier alpha value is -4.90. The first kappa shape index (κ1) is 35.0. The van der Waals surface area contributed by atoms with E-state index >= 15 is 0 Å². The van der Waals surface area contributed by atoms with Gasteiger partial charge in [-0.05, 0) is 73.4 Å². The van der Waals surface area contributed by atoms with E-state index in [1.165, 1.54) is 7.11 Å². The number of nitrogens with two attached hydrogens (primary N) is 1. The maximum atomic E-state index is 13.8. The minimum absolute atomic E-state index is 0.00987. The van der Waals surface area contributed by atoms with Crippen LogP contribution in [0.15, 0.2) is 79.0 Å². The fourth-order valence-electron chi connectivity index (χ4n) is 5.74. The number of aromatic amines is 1. The fraction of sp³-hybridized carbons (Fsp3) is 0.389. The van der Waals surface area contributed by atoms with Gasteiger partial charge in [-0.2, -0.15) is 0 Å². The highest BCUT2D eigenvalue weighted by atomic mass is 16.5. The van der Waals surface area contributed by atoms with Gasteiger partial charge in [0, 0.05) is 29.9 Å². The molecule has 2 unspecified atom stereocenters. The molecule has 0 fully saturated rings. The van der Waals surface area contributed by atoms with Crippen molar-refractivity contribution in [2.24, 2.45) is 17.6 Å². The second kappa shape index (κ2) is 17.1. The van der Waals surface area contributed by atoms with Crippen molar-refractivity contribution >= 4 is 34.6 Å². The number of para-hydroxylation sites is 1. The number of benzene rings is 2. The van der Waals surface area contributed by atoms with E-state index in [1.54, 1.807) is 30.5 Å². The minimum Gasteiger partial charge on any atom is -0.508 e. The van der Waals surface area contributed by atoms with E-state index < -0.39 is 35.9 Å². The van der Waals surface area contributed by atoms with Crippen LogP contribution in [0.3, 0.4) is 0 Å². The van der Waals surface area contributed by atoms with Gasteiger partial charge in [-0.15, -0.1) is 0 Å². The number of H-pyrrole nitrogens is 1. The normalized spacial score (nSPS) is 17.4. The minimum atomic E-state index is -1.00. The fourth-order valence-corrected chi connectivity index (χ4v) is 5.74. The quantitative estimate of drug-likeness (QED) is 0.130. The van der Waals surface area contributed by atoms with Gasteiger partial charge in [0.15, 0.2) is 0 Å². The highest BCUT2D eigenvalue weighted by Gasteiger charge is 2.32. The molecule has 1 aliphatic carbocycles. The van der Waals surface area contributed by atoms with Gasteiger partial charge in [0.05, 0.1) is 7.11 Å². The smallest absolute Gasteiger partial charge is 0.328 e. The zero-order valence-corrected chi connectivity index (χ0v) is 26.9. The van der Waals surface area contributed by atoms with Gasteiger partial charge >= 0.3 is 5.97 Å². The maximum absolute atomic E-state index is 13.8. The Morgan fingerprint density at radius 1 is 0.936 bits per heavy atom. The van der Waals surface area contributed by atoms with E-state index in [9.17, 15) is 24.3 Å². The number of carbonyl (C=O) groups is 4. The molecule has 3 amide bonds. The molecule has 2 aromatic carbocycles. The lowest BCUT2D eigenvalue weighted by atomic mass is 9.84. The van der Waals surface area contributed by atoms with E-state index in [0.717, 1.165) is 22.0 Å². The summed E-state index contributed by atoms with van der Waals surface area (Å²) in [7, 11) is 1.26. The average Bonchev–Trinajstić information content (AvgIpc) is 3.48. The van der Waals surface area contributed by atoms with Gasteiger partial charge in [-0.3, -0.25) is 14.4 Å². The highest BCUT2D eigenvalue weighted by Crippen LogP contribution is 2.24. The van der Waals surface area contributed by atoms with Gasteiger partial charge in [0.2, 0.25) is 17.7 Å². The number of amides is 3. The number of aromatic hydroxyl groups is 1. The lowest BCUT2D eigenvalue weighted by molar-refractivity contribution is -0.145. The number of rotatable bonds is 16. The van der Waals surface area contributed by atoms with E-state index in [-0.39, 0.29) is 42.8 Å². The zero-order chi connectivity index (χ0) is 33.8. The van der Waals surface area contributed by atoms with Crippen LogP contribution in [-0.4, -0.2) is 65.6 Å². The van der Waals surface area contributed by atoms with Gasteiger partial charge in [-0.25, -0.2) is 4.79 Å². The summed E-state index contributed by atoms with van der Waals surface area (Å²) in [5.41, 5.74) is 8.38. The third-order valence-electron chi connectivity index (χ3n) is 8.53. The zero-order valence-electron chi connectivity index (χ0n) is 26.9. The Bertz CT molecular complexity index is 1580. The molecule has 0 bridgehead atoms. The van der Waals surface area contributed by atoms with Crippen molar-refractivity contribution < 1.29 is 29.0 Å². The van der Waals surface area contributed by atoms with Crippen molar-refractivity contribution in [3.63, 3.8) is 0 Å². The van der Waals surface area contributed by atoms with Crippen molar-refractivity contribution in [3.05, 3.63) is 90.2 Å². The van der Waals surface area contributed by atoms with Crippen LogP contribution < -0.4 is 21.7 Å². The summed E-state index contributed by atoms with van der Waals surface area (Å²) in [6, 6.07) is 11.3. The summed E-state index contributed by atoms with van der Waals surface area (Å²) in [4.78, 5) is 56.6. The third kappa shape index (κ3) is 10.0. The molecule has 1 aromatic heterocycles. The number of nitrogens with one attached hydrogen (secondary N) is 4. The van der Waals surface area contributed by atoms with Crippen LogP contribution in [0, 0.1) is 11.8 Å². The molecule has 11 nitrogen and oxygen atoms in total. The Labute approximate surface area is 275 Å². The SMILES string of the molecule is COC(=O)[C@H](Cc1c[nH]c2ccccc12)NC(=O)[C@H](CCCN)NC(=O)[C@@H](CC1C=CC=CC1C)NC(=O)CCc1ccc(O)cc1. The van der Waals surface area contributed by atoms with Gasteiger partial charge in [0.25, 0.3) is 0 Å². The second-order valence-electron chi connectivity index (χ2n) is 12.0. The number of methoxy groups -OCH3 is 1. The standard InChI is InChI=1S/C36H45N5O6/c1-23-8-3-4-9-25(23)20-31(39-33(43)18-15-24-13-16-27(42)17-14-24)35(45)40-30(12-7-19-37)34(44)41-32(36(46)47-2)21-26-22-38-29-11-6-5-10-28(26)29/h3-6,8-11,13-14,16-17,22-23,25,30-32,38,42H,7,12,15,18-21,37H2,1-2H3,(H,39,43)(H,40,45)(H,41,44)/t23?,25?,30-,31+,32-/m0/s1. The highest BCUT2D eigenvalue weighted by molar-refractivity contribution is 5.94. The molecule has 47 heavy (non-hydrogen) atoms. The van der Waals surface area contributed by atoms with Crippen LogP contribution in [-0.2, 0) is 36.8 Å². The summed E-state index contributed by atoms with van der Waals surface area (Å²) in [5.74, 6) is -1.70. The van der Waals surface area contributed by atoms with E-state index in [4.69, 9.17) is 10.5 Å². The molecule has 7 N–H and O–H groups in total. The largest absolute Gasteiger partial charge is 0.508 e. The number of aryl methyl sites for hydroxylation is 1. The molecule has 0 radical (unpaired) electrons. The maximum Gasteiger partial charge on any atom is 0.328 e. The first-order valence-corrected chi connectivity index (χ1v) is 16.0. The summed E-state index contributed by atoms with van der Waals surface area (Å²) in [5, 5.41) is 19.0. The molecule has 1 heterocycles. The molecular formula is C36H45N5O6. The van der Waals surface area contributed by atoms with Crippen LogP contribution in [0.25, 0.3) is 10.9 Å². The molecule has 250 valence electrons. The van der Waals surface area contributed by atoms with Crippen LogP contribution in [0.5, 0.6) is 5.75 Å². The monoisotopic (exact) mass is 643 g/mol. The molecule has 4 rings (SSSR count). The number of phenols is 1. The number of phenolic OH excluding ortho intramolecular Hbond substituents is 1. The van der Waals surface area contributed by atoms with Crippen LogP contribution >= 0.6 is 0 Å². The Morgan fingerprint density at radius 3 is 2.36 bits per heavy atom. The topological polar surface area (TPSA) is 176 Å². The first-order chi connectivity index (χ1) is 22.7. The summed E-state index contributed by atoms with van der Waals surface area (Å²) < 4.78 is 5.01. The summed E-state index contributed by atoms with van der Waals surface area (Å²) in [6.07, 6.45) is 11.5. The second-order valence-corrected chi connectivity index (χ2v) is 12.0. The Kier molecular flexibility index (Phi) is 12.7. The molecule has 0 spiro atoms. The van der Waals surface area contributed by atoms with Crippen molar-refractivity contribution in [1.82, 2.24) is 20.9 Å². The van der Waals surface area contributed by atoms with Crippen molar-refractivity contribution in [1.29, 1.82) is 0 Å². The van der Waals surface area contributed by atoms with E-state index in [0.29, 0.717) is 25.8 Å². The van der Waals surface area contributed by atoms with Crippen molar-refractivity contribution in [2.45, 2.75) is 63.6 Å². The molecule has 11 heteroatoms. The van der Waals surface area contributed by atoms with Gasteiger partial charge in [0.1, 0.15) is 23.9 Å². The van der Waals surface area contributed by atoms with Gasteiger partial charge in [-0.1, -0.05) is 61.6 Å². The number of hydrogen-bond acceptors (Lipinski definition) is 7. The molecule has 3 aromatic rings. The van der Waals surface area contributed by atoms with Crippen LogP contribution in [0.4, 0.5) is 0 Å². The number of hydrogen-bond donors (Lipinski definition) is 6. The molecule has 0 saturated carbocycles. The Morgan fingerprint density at radius 2 is 1.64 bits per heavy atom. The van der Waals surface area contributed by atoms with Crippen molar-refractivity contribution in [2.75, 3.05) is 13.7 Å². The molecule has 0 saturated heterocycles. The number of allylic oxidation sites excluding steroid dienone is 4. The van der Waals surface area contributed by atoms with Crippen molar-refractivity contribution in [3.8, 4) is 5.75 Å². The predicted octanol–water partition coefficient (Wildman–Crippen LogP) is 3.18. The van der Waals surface area contributed by atoms with Crippen LogP contribution in [0.2, 0.25) is 0 Å². The lowest BCUT2D eigenvalue weighted by Gasteiger charge is -2.28. The lowest BCUT2D eigenvalue weighted by Crippen LogP contribution is -2.56. The molecule has 5 atom stereocenters. The third-order valence-corrected chi connectivity index (χ3v) is 8.53. The summed E-state index contributed by atoms with van der Waals surface area (Å²) >= 11 is 0. The number of fused-ring (bicyclic) bond motifs is 1. The van der Waals surface area contributed by atoms with E-state index in [1.807, 2.05) is 55.5 Å². The number of carbonyl (C=O) groups excluding carboxylic acids is 4. The first-order valence-electron chi connectivity index (χ1n) is 16.0. The average molecular weight is 644 g/mol. The summed E-state index contributed by atoms with van der Waals surface area (Å²) in [6.45, 7) is 2.34. The Balaban J connectivity index is 1.48. The number of aromatic nitrogens is 1. The van der Waals surface area contributed by atoms with Crippen LogP contribution in [0.1, 0.15) is 43.7 Å². The number of ether oxygens (including phenoxy) is 1. The molecule has 1 aliphatic rings. The molecular weight excluding hydrogens is 598 g/mol. The van der Waals surface area contributed by atoms with E-state index in [2.05, 4.69) is 20.9 Å².